The molecule has 0 aliphatic heterocycles. The summed E-state index contributed by atoms with van der Waals surface area (Å²) in [5.74, 6) is 1.59. The number of para-hydroxylation sites is 3. The fraction of sp³-hybridized carbons (Fsp3) is 0. The zero-order valence-corrected chi connectivity index (χ0v) is 33.5. The number of nitrogens with zero attached hydrogens (tertiary/aromatic N) is 4. The minimum atomic E-state index is 0.714. The lowest BCUT2D eigenvalue weighted by atomic mass is 9.96. The third-order valence-corrected chi connectivity index (χ3v) is 14.0. The predicted molar refractivity (Wildman–Crippen MR) is 259 cm³/mol. The highest BCUT2D eigenvalue weighted by atomic mass is 32.1. The van der Waals surface area contributed by atoms with Crippen molar-refractivity contribution in [2.24, 2.45) is 0 Å². The second-order valence-corrected chi connectivity index (χ2v) is 17.2. The Kier molecular flexibility index (Phi) is 6.68. The molecule has 5 heteroatoms. The molecule has 0 saturated heterocycles. The van der Waals surface area contributed by atoms with Crippen LogP contribution in [0.4, 0.5) is 0 Å². The number of hydrogen-bond donors (Lipinski definition) is 0. The number of thiophene rings is 1. The van der Waals surface area contributed by atoms with E-state index in [9.17, 15) is 0 Å². The smallest absolute Gasteiger partial charge is 0.162 e. The first kappa shape index (κ1) is 33.0. The summed E-state index contributed by atoms with van der Waals surface area (Å²) in [6.07, 6.45) is 0. The van der Waals surface area contributed by atoms with Gasteiger partial charge in [0.2, 0.25) is 0 Å². The standard InChI is InChI=1S/C56H32N4S/c1-2-16-35(17-3-1)59-48-24-12-10-22-40(48)43-29-45-46-30-50-44(31-52(46)61-53(45)32-51(43)59)41-23-11-13-25-49(41)60(50)56-42-27-26-33-14-4-7-19-37(33)54(42)57-55(58-56)47-28-34-15-5-6-18-36(34)38-20-8-9-21-39(38)47/h1-32H. The highest BCUT2D eigenvalue weighted by Gasteiger charge is 2.22. The molecule has 14 aromatic rings. The molecule has 10 aromatic carbocycles. The minimum Gasteiger partial charge on any atom is -0.309 e. The van der Waals surface area contributed by atoms with Crippen LogP contribution in [0.1, 0.15) is 0 Å². The lowest BCUT2D eigenvalue weighted by Gasteiger charge is -2.15. The molecule has 0 atom stereocenters. The summed E-state index contributed by atoms with van der Waals surface area (Å²) < 4.78 is 7.36. The van der Waals surface area contributed by atoms with E-state index < -0.39 is 0 Å². The van der Waals surface area contributed by atoms with Gasteiger partial charge in [-0.25, -0.2) is 9.97 Å². The van der Waals surface area contributed by atoms with Gasteiger partial charge in [-0.1, -0.05) is 133 Å². The highest BCUT2D eigenvalue weighted by Crippen LogP contribution is 2.45. The highest BCUT2D eigenvalue weighted by molar-refractivity contribution is 7.26. The molecule has 282 valence electrons. The Bertz CT molecular complexity index is 4170. The Morgan fingerprint density at radius 2 is 0.918 bits per heavy atom. The van der Waals surface area contributed by atoms with Crippen molar-refractivity contribution in [1.82, 2.24) is 19.1 Å². The van der Waals surface area contributed by atoms with E-state index in [0.29, 0.717) is 5.82 Å². The number of rotatable bonds is 3. The minimum absolute atomic E-state index is 0.714. The van der Waals surface area contributed by atoms with Crippen LogP contribution in [0, 0.1) is 0 Å². The summed E-state index contributed by atoms with van der Waals surface area (Å²) in [5.41, 5.74) is 7.82. The van der Waals surface area contributed by atoms with Crippen molar-refractivity contribution in [3.8, 4) is 22.9 Å². The molecule has 14 rings (SSSR count). The van der Waals surface area contributed by atoms with Crippen LogP contribution in [0.5, 0.6) is 0 Å². The normalized spacial score (nSPS) is 12.3. The van der Waals surface area contributed by atoms with Crippen LogP contribution in [0.25, 0.3) is 130 Å². The van der Waals surface area contributed by atoms with Crippen LogP contribution in [-0.2, 0) is 0 Å². The predicted octanol–water partition coefficient (Wildman–Crippen LogP) is 15.3. The van der Waals surface area contributed by atoms with Crippen molar-refractivity contribution < 1.29 is 0 Å². The Morgan fingerprint density at radius 1 is 0.328 bits per heavy atom. The SMILES string of the molecule is c1ccc(-n2c3ccccc3c3cc4c(cc32)sc2cc3c5ccccc5n(-c5nc(-c6cc7ccccc7c7ccccc67)nc6c5ccc5ccccc56)c3cc24)cc1. The molecular weight excluding hydrogens is 761 g/mol. The van der Waals surface area contributed by atoms with Gasteiger partial charge < -0.3 is 4.57 Å². The van der Waals surface area contributed by atoms with E-state index in [0.717, 1.165) is 49.5 Å². The van der Waals surface area contributed by atoms with Gasteiger partial charge >= 0.3 is 0 Å². The maximum absolute atomic E-state index is 5.67. The number of hydrogen-bond acceptors (Lipinski definition) is 3. The van der Waals surface area contributed by atoms with Crippen molar-refractivity contribution in [2.45, 2.75) is 0 Å². The van der Waals surface area contributed by atoms with Crippen LogP contribution in [0.2, 0.25) is 0 Å². The lowest BCUT2D eigenvalue weighted by molar-refractivity contribution is 1.08. The van der Waals surface area contributed by atoms with Crippen LogP contribution in [-0.4, -0.2) is 19.1 Å². The Morgan fingerprint density at radius 3 is 1.72 bits per heavy atom. The van der Waals surface area contributed by atoms with Gasteiger partial charge in [0, 0.05) is 63.7 Å². The lowest BCUT2D eigenvalue weighted by Crippen LogP contribution is -2.03. The van der Waals surface area contributed by atoms with Crippen molar-refractivity contribution in [2.75, 3.05) is 0 Å². The topological polar surface area (TPSA) is 35.6 Å². The third-order valence-electron chi connectivity index (χ3n) is 12.9. The van der Waals surface area contributed by atoms with Gasteiger partial charge in [-0.15, -0.1) is 11.3 Å². The molecule has 0 bridgehead atoms. The molecule has 0 aliphatic rings. The first-order valence-electron chi connectivity index (χ1n) is 20.7. The fourth-order valence-corrected chi connectivity index (χ4v) is 11.3. The van der Waals surface area contributed by atoms with E-state index in [-0.39, 0.29) is 0 Å². The van der Waals surface area contributed by atoms with Gasteiger partial charge in [0.25, 0.3) is 0 Å². The van der Waals surface area contributed by atoms with E-state index in [1.165, 1.54) is 74.6 Å². The maximum Gasteiger partial charge on any atom is 0.162 e. The molecular formula is C56H32N4S. The summed E-state index contributed by atoms with van der Waals surface area (Å²) in [7, 11) is 0. The van der Waals surface area contributed by atoms with Crippen molar-refractivity contribution in [1.29, 1.82) is 0 Å². The molecule has 0 radical (unpaired) electrons. The zero-order chi connectivity index (χ0) is 39.8. The summed E-state index contributed by atoms with van der Waals surface area (Å²) in [4.78, 5) is 11.2. The Balaban J connectivity index is 1.10. The molecule has 4 aromatic heterocycles. The number of benzene rings is 10. The number of fused-ring (bicyclic) bond motifs is 15. The van der Waals surface area contributed by atoms with Crippen LogP contribution in [0.3, 0.4) is 0 Å². The van der Waals surface area contributed by atoms with Crippen molar-refractivity contribution >= 4 is 118 Å². The fourth-order valence-electron chi connectivity index (χ4n) is 10.2. The molecule has 0 aliphatic carbocycles. The summed E-state index contributed by atoms with van der Waals surface area (Å²) >= 11 is 1.88. The molecule has 0 saturated carbocycles. The third kappa shape index (κ3) is 4.64. The molecule has 4 heterocycles. The first-order valence-corrected chi connectivity index (χ1v) is 21.6. The molecule has 0 N–H and O–H groups in total. The second kappa shape index (κ2) is 12.3. The van der Waals surface area contributed by atoms with E-state index in [1.54, 1.807) is 0 Å². The van der Waals surface area contributed by atoms with Gasteiger partial charge in [0.05, 0.1) is 27.6 Å². The Labute approximate surface area is 352 Å². The Hall–Kier alpha value is -7.86. The quantitative estimate of drug-likeness (QED) is 0.167. The van der Waals surface area contributed by atoms with E-state index in [1.807, 2.05) is 11.3 Å². The van der Waals surface area contributed by atoms with E-state index in [4.69, 9.17) is 9.97 Å². The van der Waals surface area contributed by atoms with Crippen LogP contribution >= 0.6 is 11.3 Å². The molecule has 0 spiro atoms. The monoisotopic (exact) mass is 792 g/mol. The molecule has 0 unspecified atom stereocenters. The summed E-state index contributed by atoms with van der Waals surface area (Å²) in [6.45, 7) is 0. The van der Waals surface area contributed by atoms with Gasteiger partial charge in [-0.3, -0.25) is 4.57 Å². The van der Waals surface area contributed by atoms with Gasteiger partial charge in [0.15, 0.2) is 5.82 Å². The maximum atomic E-state index is 5.67. The van der Waals surface area contributed by atoms with Gasteiger partial charge in [-0.05, 0) is 87.6 Å². The molecule has 0 amide bonds. The average molecular weight is 793 g/mol. The van der Waals surface area contributed by atoms with Gasteiger partial charge in [-0.2, -0.15) is 0 Å². The van der Waals surface area contributed by atoms with E-state index in [2.05, 4.69) is 203 Å². The summed E-state index contributed by atoms with van der Waals surface area (Å²) in [6, 6.07) is 70.6. The van der Waals surface area contributed by atoms with Gasteiger partial charge in [0.1, 0.15) is 5.82 Å². The van der Waals surface area contributed by atoms with E-state index >= 15 is 0 Å². The largest absolute Gasteiger partial charge is 0.309 e. The van der Waals surface area contributed by atoms with Crippen LogP contribution < -0.4 is 0 Å². The van der Waals surface area contributed by atoms with Crippen molar-refractivity contribution in [3.05, 3.63) is 194 Å². The first-order chi connectivity index (χ1) is 30.2. The summed E-state index contributed by atoms with van der Waals surface area (Å²) in [5, 5.41) is 15.5. The molecule has 4 nitrogen and oxygen atoms in total. The molecule has 0 fully saturated rings. The number of aromatic nitrogens is 4. The van der Waals surface area contributed by atoms with Crippen LogP contribution in [0.15, 0.2) is 194 Å². The average Bonchev–Trinajstić information content (AvgIpc) is 3.96. The van der Waals surface area contributed by atoms with Crippen molar-refractivity contribution in [3.63, 3.8) is 0 Å². The molecule has 61 heavy (non-hydrogen) atoms. The second-order valence-electron chi connectivity index (χ2n) is 16.1. The zero-order valence-electron chi connectivity index (χ0n) is 32.7.